The minimum Gasteiger partial charge on any atom is -0.444 e. The molecule has 0 unspecified atom stereocenters. The molecule has 0 aromatic rings. The third-order valence-electron chi connectivity index (χ3n) is 2.76. The number of likely N-dealkylation sites (tertiary alicyclic amines) is 1. The molecule has 2 aliphatic heterocycles. The van der Waals surface area contributed by atoms with Gasteiger partial charge in [-0.15, -0.1) is 0 Å². The second-order valence-corrected chi connectivity index (χ2v) is 5.35. The monoisotopic (exact) mass is 213 g/mol. The Hall–Kier alpha value is -0.770. The predicted molar refractivity (Wildman–Crippen MR) is 55.7 cm³/mol. The molecule has 0 aromatic heterocycles. The van der Waals surface area contributed by atoms with E-state index in [1.807, 2.05) is 20.8 Å². The molecule has 0 bridgehead atoms. The Balaban J connectivity index is 1.82. The molecule has 2 aliphatic rings. The first-order valence-electron chi connectivity index (χ1n) is 5.55. The zero-order chi connectivity index (χ0) is 11.1. The second-order valence-electron chi connectivity index (χ2n) is 5.35. The van der Waals surface area contributed by atoms with Crippen molar-refractivity contribution in [2.75, 3.05) is 19.7 Å². The number of hydrogen-bond acceptors (Lipinski definition) is 3. The van der Waals surface area contributed by atoms with Crippen LogP contribution in [-0.2, 0) is 9.47 Å². The topological polar surface area (TPSA) is 42.1 Å². The summed E-state index contributed by atoms with van der Waals surface area (Å²) in [6.45, 7) is 8.14. The first kappa shape index (κ1) is 10.7. The van der Waals surface area contributed by atoms with Crippen LogP contribution in [0.4, 0.5) is 4.79 Å². The third kappa shape index (κ3) is 2.84. The van der Waals surface area contributed by atoms with E-state index in [0.717, 1.165) is 26.1 Å². The van der Waals surface area contributed by atoms with Crippen LogP contribution in [0.25, 0.3) is 0 Å². The van der Waals surface area contributed by atoms with Crippen LogP contribution >= 0.6 is 0 Å². The fraction of sp³-hybridized carbons (Fsp3) is 0.909. The van der Waals surface area contributed by atoms with Crippen LogP contribution < -0.4 is 0 Å². The van der Waals surface area contributed by atoms with Crippen molar-refractivity contribution in [1.29, 1.82) is 0 Å². The summed E-state index contributed by atoms with van der Waals surface area (Å²) in [5.41, 5.74) is -0.398. The van der Waals surface area contributed by atoms with Gasteiger partial charge >= 0.3 is 6.09 Å². The fourth-order valence-corrected chi connectivity index (χ4v) is 1.91. The minimum atomic E-state index is -0.398. The molecule has 0 aromatic carbocycles. The van der Waals surface area contributed by atoms with Crippen molar-refractivity contribution in [3.63, 3.8) is 0 Å². The molecule has 2 saturated heterocycles. The summed E-state index contributed by atoms with van der Waals surface area (Å²) < 4.78 is 10.6. The molecule has 2 heterocycles. The summed E-state index contributed by atoms with van der Waals surface area (Å²) in [7, 11) is 0. The molecule has 2 fully saturated rings. The number of epoxide rings is 1. The Labute approximate surface area is 90.5 Å². The van der Waals surface area contributed by atoms with Gasteiger partial charge in [0.15, 0.2) is 0 Å². The lowest BCUT2D eigenvalue weighted by atomic mass is 10.1. The maximum absolute atomic E-state index is 11.7. The van der Waals surface area contributed by atoms with E-state index in [4.69, 9.17) is 9.47 Å². The van der Waals surface area contributed by atoms with Crippen molar-refractivity contribution in [2.45, 2.75) is 38.9 Å². The summed E-state index contributed by atoms with van der Waals surface area (Å²) >= 11 is 0. The quantitative estimate of drug-likeness (QED) is 0.622. The molecule has 15 heavy (non-hydrogen) atoms. The average Bonchev–Trinajstić information content (AvgIpc) is 2.81. The summed E-state index contributed by atoms with van der Waals surface area (Å²) in [4.78, 5) is 13.5. The molecular formula is C11H19NO3. The van der Waals surface area contributed by atoms with E-state index in [1.54, 1.807) is 4.90 Å². The lowest BCUT2D eigenvalue weighted by Gasteiger charge is -2.24. The number of ether oxygens (including phenoxy) is 2. The molecule has 0 saturated carbocycles. The second kappa shape index (κ2) is 3.67. The first-order chi connectivity index (χ1) is 6.96. The Morgan fingerprint density at radius 3 is 2.67 bits per heavy atom. The molecule has 86 valence electrons. The SMILES string of the molecule is CC(C)(C)OC(=O)N1CC[C@H]([C@H]2CO2)C1. The highest BCUT2D eigenvalue weighted by atomic mass is 16.6. The van der Waals surface area contributed by atoms with E-state index in [-0.39, 0.29) is 6.09 Å². The highest BCUT2D eigenvalue weighted by molar-refractivity contribution is 5.68. The van der Waals surface area contributed by atoms with E-state index >= 15 is 0 Å². The summed E-state index contributed by atoms with van der Waals surface area (Å²) in [5, 5.41) is 0. The average molecular weight is 213 g/mol. The third-order valence-corrected chi connectivity index (χ3v) is 2.76. The van der Waals surface area contributed by atoms with Crippen LogP contribution in [0.1, 0.15) is 27.2 Å². The van der Waals surface area contributed by atoms with Gasteiger partial charge in [0, 0.05) is 19.0 Å². The number of rotatable bonds is 1. The zero-order valence-corrected chi connectivity index (χ0v) is 9.66. The number of carbonyl (C=O) groups is 1. The molecule has 4 heteroatoms. The van der Waals surface area contributed by atoms with Gasteiger partial charge in [-0.1, -0.05) is 0 Å². The standard InChI is InChI=1S/C11H19NO3/c1-11(2,3)15-10(13)12-5-4-8(6-12)9-7-14-9/h8-9H,4-7H2,1-3H3/t8-,9+/m0/s1. The molecule has 0 aliphatic carbocycles. The minimum absolute atomic E-state index is 0.189. The van der Waals surface area contributed by atoms with Crippen LogP contribution in [0.15, 0.2) is 0 Å². The summed E-state index contributed by atoms with van der Waals surface area (Å²) in [5.74, 6) is 0.525. The summed E-state index contributed by atoms with van der Waals surface area (Å²) in [6.07, 6.45) is 1.26. The van der Waals surface area contributed by atoms with E-state index < -0.39 is 5.60 Å². The molecular weight excluding hydrogens is 194 g/mol. The van der Waals surface area contributed by atoms with E-state index in [0.29, 0.717) is 12.0 Å². The van der Waals surface area contributed by atoms with Crippen molar-refractivity contribution in [2.24, 2.45) is 5.92 Å². The Morgan fingerprint density at radius 2 is 2.13 bits per heavy atom. The number of nitrogens with zero attached hydrogens (tertiary/aromatic N) is 1. The van der Waals surface area contributed by atoms with Crippen LogP contribution in [-0.4, -0.2) is 42.4 Å². The van der Waals surface area contributed by atoms with E-state index in [9.17, 15) is 4.79 Å². The van der Waals surface area contributed by atoms with Crippen molar-refractivity contribution in [3.05, 3.63) is 0 Å². The van der Waals surface area contributed by atoms with Gasteiger partial charge in [-0.05, 0) is 27.2 Å². The maximum atomic E-state index is 11.7. The molecule has 0 radical (unpaired) electrons. The van der Waals surface area contributed by atoms with Gasteiger partial charge in [-0.25, -0.2) is 4.79 Å². The van der Waals surface area contributed by atoms with E-state index in [1.165, 1.54) is 0 Å². The highest BCUT2D eigenvalue weighted by Crippen LogP contribution is 2.29. The van der Waals surface area contributed by atoms with Crippen molar-refractivity contribution in [3.8, 4) is 0 Å². The normalized spacial score (nSPS) is 30.5. The van der Waals surface area contributed by atoms with Gasteiger partial charge in [0.25, 0.3) is 0 Å². The van der Waals surface area contributed by atoms with Crippen LogP contribution in [0.2, 0.25) is 0 Å². The van der Waals surface area contributed by atoms with Gasteiger partial charge < -0.3 is 14.4 Å². The molecule has 4 nitrogen and oxygen atoms in total. The molecule has 0 spiro atoms. The number of amides is 1. The van der Waals surface area contributed by atoms with Gasteiger partial charge in [-0.2, -0.15) is 0 Å². The van der Waals surface area contributed by atoms with E-state index in [2.05, 4.69) is 0 Å². The molecule has 2 atom stereocenters. The Bertz CT molecular complexity index is 255. The van der Waals surface area contributed by atoms with Crippen LogP contribution in [0, 0.1) is 5.92 Å². The first-order valence-corrected chi connectivity index (χ1v) is 5.55. The zero-order valence-electron chi connectivity index (χ0n) is 9.66. The van der Waals surface area contributed by atoms with Gasteiger partial charge in [0.2, 0.25) is 0 Å². The molecule has 1 amide bonds. The Kier molecular flexibility index (Phi) is 2.63. The van der Waals surface area contributed by atoms with Gasteiger partial charge in [0.1, 0.15) is 5.60 Å². The smallest absolute Gasteiger partial charge is 0.410 e. The number of carbonyl (C=O) groups excluding carboxylic acids is 1. The van der Waals surface area contributed by atoms with Gasteiger partial charge in [-0.3, -0.25) is 0 Å². The fourth-order valence-electron chi connectivity index (χ4n) is 1.91. The van der Waals surface area contributed by atoms with Crippen molar-refractivity contribution in [1.82, 2.24) is 4.90 Å². The largest absolute Gasteiger partial charge is 0.444 e. The predicted octanol–water partition coefficient (Wildman–Crippen LogP) is 1.64. The summed E-state index contributed by atoms with van der Waals surface area (Å²) in [6, 6.07) is 0. The molecule has 2 rings (SSSR count). The highest BCUT2D eigenvalue weighted by Gasteiger charge is 2.39. The van der Waals surface area contributed by atoms with Crippen molar-refractivity contribution >= 4 is 6.09 Å². The van der Waals surface area contributed by atoms with Crippen LogP contribution in [0.3, 0.4) is 0 Å². The maximum Gasteiger partial charge on any atom is 0.410 e. The van der Waals surface area contributed by atoms with Crippen LogP contribution in [0.5, 0.6) is 0 Å². The lowest BCUT2D eigenvalue weighted by Crippen LogP contribution is -2.35. The van der Waals surface area contributed by atoms with Crippen molar-refractivity contribution < 1.29 is 14.3 Å². The number of hydrogen-bond donors (Lipinski definition) is 0. The van der Waals surface area contributed by atoms with Gasteiger partial charge in [0.05, 0.1) is 12.7 Å². The molecule has 0 N–H and O–H groups in total. The lowest BCUT2D eigenvalue weighted by molar-refractivity contribution is 0.0286. The Morgan fingerprint density at radius 1 is 1.47 bits per heavy atom.